The minimum absolute atomic E-state index is 0.000513. The average molecular weight is 422 g/mol. The molecule has 31 heavy (non-hydrogen) atoms. The zero-order chi connectivity index (χ0) is 21.8. The predicted octanol–water partition coefficient (Wildman–Crippen LogP) is 2.71. The first kappa shape index (κ1) is 20.3. The van der Waals surface area contributed by atoms with E-state index in [0.717, 1.165) is 5.56 Å². The lowest BCUT2D eigenvalue weighted by Gasteiger charge is -2.34. The van der Waals surface area contributed by atoms with E-state index in [1.165, 1.54) is 6.26 Å². The third-order valence-electron chi connectivity index (χ3n) is 5.20. The molecular formula is C22H22N4O5. The summed E-state index contributed by atoms with van der Waals surface area (Å²) < 4.78 is 21.7. The summed E-state index contributed by atoms with van der Waals surface area (Å²) in [6.45, 7) is 2.07. The summed E-state index contributed by atoms with van der Waals surface area (Å²) in [5.41, 5.74) is 0.978. The van der Waals surface area contributed by atoms with Crippen molar-refractivity contribution < 1.29 is 23.1 Å². The van der Waals surface area contributed by atoms with Gasteiger partial charge in [-0.3, -0.25) is 4.79 Å². The fraction of sp³-hybridized carbons (Fsp3) is 0.318. The second-order valence-electron chi connectivity index (χ2n) is 6.98. The maximum Gasteiger partial charge on any atom is 0.266 e. The van der Waals surface area contributed by atoms with E-state index in [1.54, 1.807) is 43.4 Å². The van der Waals surface area contributed by atoms with Gasteiger partial charge in [-0.05, 0) is 30.3 Å². The third kappa shape index (κ3) is 4.19. The van der Waals surface area contributed by atoms with Crippen LogP contribution in [0.25, 0.3) is 11.7 Å². The Labute approximate surface area is 179 Å². The topological polar surface area (TPSA) is 105 Å². The number of methoxy groups -OCH3 is 2. The van der Waals surface area contributed by atoms with Gasteiger partial charge < -0.3 is 28.1 Å². The van der Waals surface area contributed by atoms with Crippen molar-refractivity contribution in [3.8, 4) is 29.2 Å². The lowest BCUT2D eigenvalue weighted by atomic mass is 10.1. The summed E-state index contributed by atoms with van der Waals surface area (Å²) in [6.07, 6.45) is 1.74. The van der Waals surface area contributed by atoms with Gasteiger partial charge >= 0.3 is 0 Å². The Morgan fingerprint density at radius 3 is 2.65 bits per heavy atom. The molecule has 1 aliphatic heterocycles. The number of nitrogens with zero attached hydrogens (tertiary/aromatic N) is 4. The van der Waals surface area contributed by atoms with Gasteiger partial charge in [-0.1, -0.05) is 0 Å². The summed E-state index contributed by atoms with van der Waals surface area (Å²) in [6, 6.07) is 10.9. The van der Waals surface area contributed by atoms with Crippen molar-refractivity contribution in [3.05, 3.63) is 47.9 Å². The molecular weight excluding hydrogens is 400 g/mol. The van der Waals surface area contributed by atoms with Crippen molar-refractivity contribution in [1.82, 2.24) is 9.88 Å². The van der Waals surface area contributed by atoms with E-state index in [9.17, 15) is 10.1 Å². The van der Waals surface area contributed by atoms with Gasteiger partial charge in [0, 0.05) is 31.7 Å². The maximum absolute atomic E-state index is 12.9. The summed E-state index contributed by atoms with van der Waals surface area (Å²) in [5.74, 6) is 2.45. The number of hydrogen-bond acceptors (Lipinski definition) is 8. The smallest absolute Gasteiger partial charge is 0.266 e. The predicted molar refractivity (Wildman–Crippen MR) is 111 cm³/mol. The lowest BCUT2D eigenvalue weighted by Crippen LogP contribution is -2.49. The molecule has 0 N–H and O–H groups in total. The molecule has 160 valence electrons. The highest BCUT2D eigenvalue weighted by Gasteiger charge is 2.27. The molecule has 0 aliphatic carbocycles. The minimum Gasteiger partial charge on any atom is -0.497 e. The first-order valence-corrected chi connectivity index (χ1v) is 9.81. The van der Waals surface area contributed by atoms with Crippen LogP contribution in [0.3, 0.4) is 0 Å². The normalized spacial score (nSPS) is 13.7. The molecule has 1 aliphatic rings. The van der Waals surface area contributed by atoms with Gasteiger partial charge in [0.1, 0.15) is 17.6 Å². The number of carbonyl (C=O) groups excluding carboxylic acids is 1. The van der Waals surface area contributed by atoms with Crippen LogP contribution in [0.15, 0.2) is 45.4 Å². The van der Waals surface area contributed by atoms with Gasteiger partial charge in [0.2, 0.25) is 17.5 Å². The summed E-state index contributed by atoms with van der Waals surface area (Å²) in [4.78, 5) is 20.8. The molecule has 1 saturated heterocycles. The highest BCUT2D eigenvalue weighted by atomic mass is 16.5. The lowest BCUT2D eigenvalue weighted by molar-refractivity contribution is -0.130. The summed E-state index contributed by atoms with van der Waals surface area (Å²) in [5, 5.41) is 9.44. The van der Waals surface area contributed by atoms with Crippen LogP contribution < -0.4 is 14.4 Å². The Morgan fingerprint density at radius 1 is 1.19 bits per heavy atom. The number of hydrogen-bond donors (Lipinski definition) is 0. The number of nitriles is 1. The van der Waals surface area contributed by atoms with Crippen LogP contribution >= 0.6 is 0 Å². The monoisotopic (exact) mass is 422 g/mol. The number of benzene rings is 1. The molecule has 1 fully saturated rings. The number of anilines is 1. The van der Waals surface area contributed by atoms with Gasteiger partial charge in [0.05, 0.1) is 26.9 Å². The van der Waals surface area contributed by atoms with E-state index in [1.807, 2.05) is 11.0 Å². The largest absolute Gasteiger partial charge is 0.497 e. The molecule has 0 atom stereocenters. The highest BCUT2D eigenvalue weighted by molar-refractivity contribution is 5.80. The van der Waals surface area contributed by atoms with E-state index in [-0.39, 0.29) is 23.9 Å². The zero-order valence-electron chi connectivity index (χ0n) is 17.3. The summed E-state index contributed by atoms with van der Waals surface area (Å²) >= 11 is 0. The Morgan fingerprint density at radius 2 is 2.00 bits per heavy atom. The number of amides is 1. The molecule has 0 spiro atoms. The number of rotatable bonds is 6. The molecule has 3 heterocycles. The minimum atomic E-state index is 0.000513. The second kappa shape index (κ2) is 8.83. The SMILES string of the molecule is COc1ccc(OC)c(CC(=O)N2CCN(c3oc(-c4ccco4)nc3C#N)CC2)c1. The van der Waals surface area contributed by atoms with Crippen LogP contribution in [0.5, 0.6) is 11.5 Å². The fourth-order valence-corrected chi connectivity index (χ4v) is 3.56. The van der Waals surface area contributed by atoms with Gasteiger partial charge in [-0.2, -0.15) is 10.2 Å². The van der Waals surface area contributed by atoms with E-state index in [2.05, 4.69) is 11.1 Å². The Kier molecular flexibility index (Phi) is 5.80. The zero-order valence-corrected chi connectivity index (χ0v) is 17.3. The van der Waals surface area contributed by atoms with Crippen molar-refractivity contribution in [3.63, 3.8) is 0 Å². The first-order valence-electron chi connectivity index (χ1n) is 9.81. The molecule has 0 unspecified atom stereocenters. The van der Waals surface area contributed by atoms with Crippen molar-refractivity contribution in [2.24, 2.45) is 0 Å². The van der Waals surface area contributed by atoms with Gasteiger partial charge in [-0.25, -0.2) is 0 Å². The van der Waals surface area contributed by atoms with Crippen LogP contribution in [0.4, 0.5) is 5.88 Å². The quantitative estimate of drug-likeness (QED) is 0.597. The third-order valence-corrected chi connectivity index (χ3v) is 5.20. The molecule has 4 rings (SSSR count). The van der Waals surface area contributed by atoms with Gasteiger partial charge in [-0.15, -0.1) is 0 Å². The Hall–Kier alpha value is -3.93. The van der Waals surface area contributed by atoms with Crippen LogP contribution in [-0.4, -0.2) is 56.2 Å². The highest BCUT2D eigenvalue weighted by Crippen LogP contribution is 2.29. The molecule has 0 radical (unpaired) electrons. The van der Waals surface area contributed by atoms with E-state index < -0.39 is 0 Å². The van der Waals surface area contributed by atoms with Crippen molar-refractivity contribution in [2.75, 3.05) is 45.3 Å². The molecule has 1 aromatic carbocycles. The number of oxazole rings is 1. The maximum atomic E-state index is 12.9. The van der Waals surface area contributed by atoms with Crippen LogP contribution in [0.1, 0.15) is 11.3 Å². The number of furan rings is 1. The van der Waals surface area contributed by atoms with E-state index in [0.29, 0.717) is 49.3 Å². The molecule has 2 aromatic heterocycles. The van der Waals surface area contributed by atoms with Crippen LogP contribution in [0.2, 0.25) is 0 Å². The Bertz CT molecular complexity index is 1090. The molecule has 1 amide bonds. The molecule has 0 saturated carbocycles. The van der Waals surface area contributed by atoms with Crippen molar-refractivity contribution >= 4 is 11.8 Å². The van der Waals surface area contributed by atoms with Gasteiger partial charge in [0.15, 0.2) is 5.76 Å². The molecule has 9 heteroatoms. The van der Waals surface area contributed by atoms with E-state index >= 15 is 0 Å². The van der Waals surface area contributed by atoms with Gasteiger partial charge in [0.25, 0.3) is 5.89 Å². The number of piperazine rings is 1. The molecule has 9 nitrogen and oxygen atoms in total. The molecule has 3 aromatic rings. The number of ether oxygens (including phenoxy) is 2. The fourth-order valence-electron chi connectivity index (χ4n) is 3.56. The second-order valence-corrected chi connectivity index (χ2v) is 6.98. The standard InChI is InChI=1S/C22H22N4O5/c1-28-16-5-6-18(29-2)15(12-16)13-20(27)25-7-9-26(10-8-25)22-17(14-23)24-21(31-22)19-4-3-11-30-19/h3-6,11-12H,7-10,13H2,1-2H3. The number of carbonyl (C=O) groups is 1. The first-order chi connectivity index (χ1) is 15.1. The molecule has 0 bridgehead atoms. The van der Waals surface area contributed by atoms with E-state index in [4.69, 9.17) is 18.3 Å². The Balaban J connectivity index is 1.42. The van der Waals surface area contributed by atoms with Crippen LogP contribution in [0, 0.1) is 11.3 Å². The van der Waals surface area contributed by atoms with Crippen molar-refractivity contribution in [2.45, 2.75) is 6.42 Å². The average Bonchev–Trinajstić information content (AvgIpc) is 3.49. The number of aromatic nitrogens is 1. The van der Waals surface area contributed by atoms with Crippen molar-refractivity contribution in [1.29, 1.82) is 5.26 Å². The summed E-state index contributed by atoms with van der Waals surface area (Å²) in [7, 11) is 3.17. The van der Waals surface area contributed by atoms with Crippen LogP contribution in [-0.2, 0) is 11.2 Å².